The van der Waals surface area contributed by atoms with Crippen molar-refractivity contribution in [3.8, 4) is 0 Å². The number of rotatable bonds is 2. The van der Waals surface area contributed by atoms with Gasteiger partial charge in [0.1, 0.15) is 0 Å². The van der Waals surface area contributed by atoms with Crippen molar-refractivity contribution >= 4 is 0 Å². The summed E-state index contributed by atoms with van der Waals surface area (Å²) < 4.78 is 5.85. The van der Waals surface area contributed by atoms with E-state index in [-0.39, 0.29) is 5.60 Å². The SMILES string of the molecule is CC1(C)CC(NC2CC3CC2C2CCCC32)CCO1. The van der Waals surface area contributed by atoms with Crippen molar-refractivity contribution < 1.29 is 4.74 Å². The summed E-state index contributed by atoms with van der Waals surface area (Å²) >= 11 is 0. The van der Waals surface area contributed by atoms with E-state index in [1.165, 1.54) is 32.1 Å². The molecule has 6 atom stereocenters. The third-order valence-electron chi connectivity index (χ3n) is 6.58. The molecule has 2 nitrogen and oxygen atoms in total. The second kappa shape index (κ2) is 4.46. The number of fused-ring (bicyclic) bond motifs is 5. The van der Waals surface area contributed by atoms with Crippen molar-refractivity contribution in [2.75, 3.05) is 6.61 Å². The van der Waals surface area contributed by atoms with Gasteiger partial charge in [0.25, 0.3) is 0 Å². The van der Waals surface area contributed by atoms with Gasteiger partial charge in [-0.1, -0.05) is 6.42 Å². The molecule has 1 aliphatic heterocycles. The minimum Gasteiger partial charge on any atom is -0.375 e. The normalized spacial score (nSPS) is 51.5. The lowest BCUT2D eigenvalue weighted by Crippen LogP contribution is -2.50. The van der Waals surface area contributed by atoms with E-state index in [1.807, 2.05) is 0 Å². The topological polar surface area (TPSA) is 21.3 Å². The van der Waals surface area contributed by atoms with E-state index in [1.54, 1.807) is 12.8 Å². The molecular formula is C17H29NO. The Hall–Kier alpha value is -0.0800. The highest BCUT2D eigenvalue weighted by atomic mass is 16.5. The van der Waals surface area contributed by atoms with Gasteiger partial charge in [0, 0.05) is 18.7 Å². The molecule has 4 rings (SSSR count). The molecule has 1 heterocycles. The lowest BCUT2D eigenvalue weighted by Gasteiger charge is -2.40. The Labute approximate surface area is 117 Å². The lowest BCUT2D eigenvalue weighted by atomic mass is 9.78. The number of hydrogen-bond acceptors (Lipinski definition) is 2. The monoisotopic (exact) mass is 263 g/mol. The zero-order valence-corrected chi connectivity index (χ0v) is 12.5. The highest BCUT2D eigenvalue weighted by molar-refractivity contribution is 5.06. The molecule has 0 radical (unpaired) electrons. The first-order valence-electron chi connectivity index (χ1n) is 8.52. The van der Waals surface area contributed by atoms with Crippen molar-refractivity contribution in [3.05, 3.63) is 0 Å². The van der Waals surface area contributed by atoms with Gasteiger partial charge in [-0.25, -0.2) is 0 Å². The summed E-state index contributed by atoms with van der Waals surface area (Å²) in [6.45, 7) is 5.43. The molecule has 4 aliphatic rings. The van der Waals surface area contributed by atoms with Gasteiger partial charge in [0.15, 0.2) is 0 Å². The van der Waals surface area contributed by atoms with Crippen molar-refractivity contribution in [1.82, 2.24) is 5.32 Å². The minimum absolute atomic E-state index is 0.0867. The Morgan fingerprint density at radius 2 is 1.84 bits per heavy atom. The lowest BCUT2D eigenvalue weighted by molar-refractivity contribution is -0.0654. The fourth-order valence-electron chi connectivity index (χ4n) is 5.94. The molecule has 0 aromatic rings. The molecule has 2 bridgehead atoms. The van der Waals surface area contributed by atoms with E-state index < -0.39 is 0 Å². The summed E-state index contributed by atoms with van der Waals surface area (Å²) in [7, 11) is 0. The van der Waals surface area contributed by atoms with Gasteiger partial charge >= 0.3 is 0 Å². The molecule has 3 saturated carbocycles. The Balaban J connectivity index is 1.39. The van der Waals surface area contributed by atoms with Crippen LogP contribution in [0.15, 0.2) is 0 Å². The van der Waals surface area contributed by atoms with Crippen LogP contribution in [0.5, 0.6) is 0 Å². The van der Waals surface area contributed by atoms with Crippen molar-refractivity contribution in [2.45, 2.75) is 76.5 Å². The zero-order valence-electron chi connectivity index (χ0n) is 12.5. The predicted molar refractivity (Wildman–Crippen MR) is 77.0 cm³/mol. The summed E-state index contributed by atoms with van der Waals surface area (Å²) in [5.74, 6) is 4.30. The summed E-state index contributed by atoms with van der Waals surface area (Å²) in [5.41, 5.74) is 0.0867. The van der Waals surface area contributed by atoms with E-state index in [2.05, 4.69) is 19.2 Å². The minimum atomic E-state index is 0.0867. The number of nitrogens with one attached hydrogen (secondary N) is 1. The first kappa shape index (κ1) is 12.6. The zero-order chi connectivity index (χ0) is 13.0. The van der Waals surface area contributed by atoms with Crippen LogP contribution in [0.4, 0.5) is 0 Å². The molecule has 6 unspecified atom stereocenters. The van der Waals surface area contributed by atoms with Crippen LogP contribution in [0.2, 0.25) is 0 Å². The van der Waals surface area contributed by atoms with Crippen LogP contribution in [0, 0.1) is 23.7 Å². The fourth-order valence-corrected chi connectivity index (χ4v) is 5.94. The van der Waals surface area contributed by atoms with Gasteiger partial charge in [-0.3, -0.25) is 0 Å². The number of ether oxygens (including phenoxy) is 1. The third kappa shape index (κ3) is 2.15. The van der Waals surface area contributed by atoms with Gasteiger partial charge < -0.3 is 10.1 Å². The third-order valence-corrected chi connectivity index (χ3v) is 6.58. The fraction of sp³-hybridized carbons (Fsp3) is 1.00. The highest BCUT2D eigenvalue weighted by Crippen LogP contribution is 2.58. The molecule has 2 heteroatoms. The van der Waals surface area contributed by atoms with E-state index in [4.69, 9.17) is 4.74 Å². The highest BCUT2D eigenvalue weighted by Gasteiger charge is 2.54. The van der Waals surface area contributed by atoms with Crippen LogP contribution in [-0.4, -0.2) is 24.3 Å². The molecule has 1 N–H and O–H groups in total. The molecule has 3 aliphatic carbocycles. The molecule has 0 aromatic heterocycles. The van der Waals surface area contributed by atoms with Crippen molar-refractivity contribution in [3.63, 3.8) is 0 Å². The van der Waals surface area contributed by atoms with Gasteiger partial charge in [-0.15, -0.1) is 0 Å². The molecular weight excluding hydrogens is 234 g/mol. The van der Waals surface area contributed by atoms with Gasteiger partial charge in [-0.2, -0.15) is 0 Å². The summed E-state index contributed by atoms with van der Waals surface area (Å²) in [4.78, 5) is 0. The Bertz CT molecular complexity index is 353. The second-order valence-corrected chi connectivity index (χ2v) is 8.22. The molecule has 1 saturated heterocycles. The predicted octanol–water partition coefficient (Wildman–Crippen LogP) is 3.36. The second-order valence-electron chi connectivity index (χ2n) is 8.22. The van der Waals surface area contributed by atoms with Gasteiger partial charge in [-0.05, 0) is 76.0 Å². The standard InChI is InChI=1S/C17H29NO/c1-17(2)10-12(6-7-19-17)18-16-9-11-8-15(16)14-5-3-4-13(11)14/h11-16,18H,3-10H2,1-2H3. The summed E-state index contributed by atoms with van der Waals surface area (Å²) in [5, 5.41) is 4.04. The summed E-state index contributed by atoms with van der Waals surface area (Å²) in [6, 6.07) is 1.54. The molecule has 108 valence electrons. The van der Waals surface area contributed by atoms with Crippen LogP contribution in [0.25, 0.3) is 0 Å². The van der Waals surface area contributed by atoms with Crippen LogP contribution >= 0.6 is 0 Å². The van der Waals surface area contributed by atoms with Gasteiger partial charge in [0.2, 0.25) is 0 Å². The Kier molecular flexibility index (Phi) is 2.97. The first-order chi connectivity index (χ1) is 9.12. The smallest absolute Gasteiger partial charge is 0.0641 e. The Morgan fingerprint density at radius 1 is 1.00 bits per heavy atom. The van der Waals surface area contributed by atoms with E-state index in [0.29, 0.717) is 6.04 Å². The van der Waals surface area contributed by atoms with Crippen LogP contribution in [0.1, 0.15) is 58.8 Å². The molecule has 4 fully saturated rings. The van der Waals surface area contributed by atoms with E-state index in [0.717, 1.165) is 36.3 Å². The van der Waals surface area contributed by atoms with Crippen molar-refractivity contribution in [1.29, 1.82) is 0 Å². The molecule has 0 amide bonds. The van der Waals surface area contributed by atoms with Crippen LogP contribution in [0.3, 0.4) is 0 Å². The quantitative estimate of drug-likeness (QED) is 0.825. The van der Waals surface area contributed by atoms with Crippen LogP contribution in [-0.2, 0) is 4.74 Å². The van der Waals surface area contributed by atoms with E-state index in [9.17, 15) is 0 Å². The largest absolute Gasteiger partial charge is 0.375 e. The Morgan fingerprint density at radius 3 is 2.68 bits per heavy atom. The number of hydrogen-bond donors (Lipinski definition) is 1. The maximum absolute atomic E-state index is 5.85. The molecule has 0 aromatic carbocycles. The first-order valence-corrected chi connectivity index (χ1v) is 8.52. The van der Waals surface area contributed by atoms with Crippen molar-refractivity contribution in [2.24, 2.45) is 23.7 Å². The molecule has 19 heavy (non-hydrogen) atoms. The van der Waals surface area contributed by atoms with Gasteiger partial charge in [0.05, 0.1) is 5.60 Å². The molecule has 0 spiro atoms. The van der Waals surface area contributed by atoms with Crippen LogP contribution < -0.4 is 5.32 Å². The average Bonchev–Trinajstić information content (AvgIpc) is 2.97. The maximum Gasteiger partial charge on any atom is 0.0641 e. The maximum atomic E-state index is 5.85. The van der Waals surface area contributed by atoms with E-state index >= 15 is 0 Å². The average molecular weight is 263 g/mol. The summed E-state index contributed by atoms with van der Waals surface area (Å²) in [6.07, 6.45) is 10.0.